The van der Waals surface area contributed by atoms with E-state index in [1.165, 1.54) is 50.5 Å². The Balaban J connectivity index is 1.24. The van der Waals surface area contributed by atoms with E-state index in [0.717, 1.165) is 23.5 Å². The Kier molecular flexibility index (Phi) is 7.92. The summed E-state index contributed by atoms with van der Waals surface area (Å²) in [6.45, 7) is 2.35. The minimum atomic E-state index is 0.0819. The van der Waals surface area contributed by atoms with Gasteiger partial charge in [0.25, 0.3) is 5.91 Å². The summed E-state index contributed by atoms with van der Waals surface area (Å²) in [6, 6.07) is 11.9. The van der Waals surface area contributed by atoms with Crippen molar-refractivity contribution < 1.29 is 9.59 Å². The average molecular weight is 434 g/mol. The molecule has 170 valence electrons. The van der Waals surface area contributed by atoms with Crippen molar-refractivity contribution in [2.24, 2.45) is 5.92 Å². The maximum atomic E-state index is 13.1. The summed E-state index contributed by atoms with van der Waals surface area (Å²) >= 11 is 0. The van der Waals surface area contributed by atoms with Crippen molar-refractivity contribution in [3.05, 3.63) is 65.5 Å². The van der Waals surface area contributed by atoms with E-state index in [-0.39, 0.29) is 11.8 Å². The molecule has 0 radical (unpaired) electrons. The van der Waals surface area contributed by atoms with Crippen LogP contribution in [0.5, 0.6) is 0 Å². The number of hydrogen-bond acceptors (Lipinski definition) is 3. The molecule has 2 aromatic rings. The van der Waals surface area contributed by atoms with E-state index < -0.39 is 0 Å². The predicted molar refractivity (Wildman–Crippen MR) is 126 cm³/mol. The number of amides is 2. The van der Waals surface area contributed by atoms with E-state index in [4.69, 9.17) is 0 Å². The lowest BCUT2D eigenvalue weighted by Crippen LogP contribution is -2.51. The fourth-order valence-electron chi connectivity index (χ4n) is 5.06. The molecule has 0 N–H and O–H groups in total. The number of carbonyl (C=O) groups excluding carboxylic acids is 2. The second-order valence-electron chi connectivity index (χ2n) is 9.31. The van der Waals surface area contributed by atoms with Gasteiger partial charge in [-0.25, -0.2) is 0 Å². The lowest BCUT2D eigenvalue weighted by atomic mass is 9.85. The number of benzene rings is 1. The number of aromatic nitrogens is 1. The zero-order valence-corrected chi connectivity index (χ0v) is 19.0. The first-order valence-electron chi connectivity index (χ1n) is 12.2. The van der Waals surface area contributed by atoms with E-state index in [1.54, 1.807) is 12.4 Å². The number of piperazine rings is 1. The first kappa shape index (κ1) is 22.5. The third kappa shape index (κ3) is 6.18. The second kappa shape index (κ2) is 11.3. The maximum absolute atomic E-state index is 13.1. The molecule has 2 amide bonds. The van der Waals surface area contributed by atoms with Gasteiger partial charge in [-0.2, -0.15) is 0 Å². The Bertz CT molecular complexity index is 885. The van der Waals surface area contributed by atoms with Crippen molar-refractivity contribution in [3.8, 4) is 0 Å². The van der Waals surface area contributed by atoms with Crippen molar-refractivity contribution in [1.29, 1.82) is 0 Å². The van der Waals surface area contributed by atoms with Gasteiger partial charge in [-0.05, 0) is 48.1 Å². The SMILES string of the molecule is O=C(Cc1cccnc1)N1CCN(C(=O)c2cccc(CCCC3CCCCC3)c2)CC1. The standard InChI is InChI=1S/C27H35N3O2/c31-26(20-24-12-6-14-28-21-24)29-15-17-30(18-16-29)27(32)25-13-5-11-23(19-25)10-4-9-22-7-2-1-3-8-22/h5-6,11-14,19,21-22H,1-4,7-10,15-18,20H2. The number of aryl methyl sites for hydroxylation is 1. The fraction of sp³-hybridized carbons (Fsp3) is 0.519. The molecule has 1 aromatic heterocycles. The number of hydrogen-bond donors (Lipinski definition) is 0. The van der Waals surface area contributed by atoms with Crippen LogP contribution < -0.4 is 0 Å². The largest absolute Gasteiger partial charge is 0.339 e. The van der Waals surface area contributed by atoms with Crippen molar-refractivity contribution in [1.82, 2.24) is 14.8 Å². The zero-order valence-electron chi connectivity index (χ0n) is 19.0. The summed E-state index contributed by atoms with van der Waals surface area (Å²) in [5, 5.41) is 0. The summed E-state index contributed by atoms with van der Waals surface area (Å²) < 4.78 is 0. The lowest BCUT2D eigenvalue weighted by Gasteiger charge is -2.35. The van der Waals surface area contributed by atoms with E-state index in [9.17, 15) is 9.59 Å². The number of nitrogens with zero attached hydrogens (tertiary/aromatic N) is 3. The molecular weight excluding hydrogens is 398 g/mol. The normalized spacial score (nSPS) is 17.4. The molecule has 5 nitrogen and oxygen atoms in total. The molecule has 4 rings (SSSR count). The van der Waals surface area contributed by atoms with Crippen LogP contribution in [-0.4, -0.2) is 52.8 Å². The first-order chi connectivity index (χ1) is 15.7. The van der Waals surface area contributed by atoms with Gasteiger partial charge in [-0.3, -0.25) is 14.6 Å². The quantitative estimate of drug-likeness (QED) is 0.645. The van der Waals surface area contributed by atoms with Gasteiger partial charge in [0.05, 0.1) is 6.42 Å². The van der Waals surface area contributed by atoms with Crippen molar-refractivity contribution in [2.75, 3.05) is 26.2 Å². The average Bonchev–Trinajstić information content (AvgIpc) is 2.85. The monoisotopic (exact) mass is 433 g/mol. The van der Waals surface area contributed by atoms with Crippen molar-refractivity contribution in [2.45, 2.75) is 57.8 Å². The topological polar surface area (TPSA) is 53.5 Å². The van der Waals surface area contributed by atoms with Gasteiger partial charge in [0.15, 0.2) is 0 Å². The Morgan fingerprint density at radius 3 is 2.41 bits per heavy atom. The molecule has 1 aromatic carbocycles. The van der Waals surface area contributed by atoms with E-state index in [0.29, 0.717) is 32.6 Å². The highest BCUT2D eigenvalue weighted by Gasteiger charge is 2.25. The molecule has 5 heteroatoms. The molecule has 2 aliphatic rings. The Labute approximate surface area is 191 Å². The summed E-state index contributed by atoms with van der Waals surface area (Å²) in [5.41, 5.74) is 2.96. The molecule has 2 fully saturated rings. The van der Waals surface area contributed by atoms with Crippen molar-refractivity contribution >= 4 is 11.8 Å². The van der Waals surface area contributed by atoms with E-state index >= 15 is 0 Å². The van der Waals surface area contributed by atoms with Gasteiger partial charge in [-0.15, -0.1) is 0 Å². The highest BCUT2D eigenvalue weighted by atomic mass is 16.2. The summed E-state index contributed by atoms with van der Waals surface area (Å²) in [4.78, 5) is 33.4. The third-order valence-corrected chi connectivity index (χ3v) is 6.97. The number of pyridine rings is 1. The summed E-state index contributed by atoms with van der Waals surface area (Å²) in [7, 11) is 0. The van der Waals surface area contributed by atoms with Crippen LogP contribution in [0.15, 0.2) is 48.8 Å². The van der Waals surface area contributed by atoms with Crippen LogP contribution >= 0.6 is 0 Å². The van der Waals surface area contributed by atoms with Crippen LogP contribution in [0.1, 0.15) is 66.4 Å². The molecule has 0 bridgehead atoms. The van der Waals surface area contributed by atoms with Gasteiger partial charge >= 0.3 is 0 Å². The minimum Gasteiger partial charge on any atom is -0.339 e. The maximum Gasteiger partial charge on any atom is 0.253 e. The highest BCUT2D eigenvalue weighted by molar-refractivity contribution is 5.94. The van der Waals surface area contributed by atoms with Crippen LogP contribution in [0.3, 0.4) is 0 Å². The van der Waals surface area contributed by atoms with Crippen LogP contribution in [-0.2, 0) is 17.6 Å². The number of carbonyl (C=O) groups is 2. The lowest BCUT2D eigenvalue weighted by molar-refractivity contribution is -0.131. The van der Waals surface area contributed by atoms with Crippen LogP contribution in [0.4, 0.5) is 0 Å². The molecule has 1 aliphatic heterocycles. The number of rotatable bonds is 7. The zero-order chi connectivity index (χ0) is 22.2. The molecule has 32 heavy (non-hydrogen) atoms. The smallest absolute Gasteiger partial charge is 0.253 e. The minimum absolute atomic E-state index is 0.0819. The molecule has 0 atom stereocenters. The molecule has 0 unspecified atom stereocenters. The Morgan fingerprint density at radius 1 is 0.906 bits per heavy atom. The molecular formula is C27H35N3O2. The summed E-state index contributed by atoms with van der Waals surface area (Å²) in [6.07, 6.45) is 14.4. The van der Waals surface area contributed by atoms with Gasteiger partial charge < -0.3 is 9.80 Å². The third-order valence-electron chi connectivity index (χ3n) is 6.97. The first-order valence-corrected chi connectivity index (χ1v) is 12.2. The second-order valence-corrected chi connectivity index (χ2v) is 9.31. The predicted octanol–water partition coefficient (Wildman–Crippen LogP) is 4.51. The molecule has 0 spiro atoms. The van der Waals surface area contributed by atoms with Gasteiger partial charge in [-0.1, -0.05) is 56.7 Å². The van der Waals surface area contributed by atoms with Crippen LogP contribution in [0, 0.1) is 5.92 Å². The van der Waals surface area contributed by atoms with Crippen LogP contribution in [0.2, 0.25) is 0 Å². The molecule has 1 aliphatic carbocycles. The van der Waals surface area contributed by atoms with E-state index in [1.807, 2.05) is 34.1 Å². The van der Waals surface area contributed by atoms with E-state index in [2.05, 4.69) is 17.1 Å². The van der Waals surface area contributed by atoms with Crippen molar-refractivity contribution in [3.63, 3.8) is 0 Å². The van der Waals surface area contributed by atoms with Crippen LogP contribution in [0.25, 0.3) is 0 Å². The Hall–Kier alpha value is -2.69. The summed E-state index contributed by atoms with van der Waals surface area (Å²) in [5.74, 6) is 1.09. The molecule has 1 saturated carbocycles. The molecule has 1 saturated heterocycles. The fourth-order valence-corrected chi connectivity index (χ4v) is 5.06. The Morgan fingerprint density at radius 2 is 1.66 bits per heavy atom. The van der Waals surface area contributed by atoms with Gasteiger partial charge in [0.1, 0.15) is 0 Å². The van der Waals surface area contributed by atoms with Gasteiger partial charge in [0.2, 0.25) is 5.91 Å². The highest BCUT2D eigenvalue weighted by Crippen LogP contribution is 2.28. The molecule has 2 heterocycles. The van der Waals surface area contributed by atoms with Gasteiger partial charge in [0, 0.05) is 44.1 Å².